The van der Waals surface area contributed by atoms with E-state index in [2.05, 4.69) is 36.6 Å². The van der Waals surface area contributed by atoms with Crippen molar-refractivity contribution in [3.05, 3.63) is 68.0 Å². The maximum Gasteiger partial charge on any atom is 0.296 e. The number of methoxy groups -OCH3 is 1. The maximum absolute atomic E-state index is 12.7. The Labute approximate surface area is 188 Å². The van der Waals surface area contributed by atoms with Crippen LogP contribution in [-0.4, -0.2) is 37.8 Å². The first-order chi connectivity index (χ1) is 14.3. The molecule has 0 fully saturated rings. The highest BCUT2D eigenvalue weighted by Gasteiger charge is 2.21. The lowest BCUT2D eigenvalue weighted by molar-refractivity contribution is -0.384. The number of thiocarbonyl (C=S) groups is 1. The van der Waals surface area contributed by atoms with Crippen molar-refractivity contribution in [1.82, 2.24) is 20.1 Å². The molecule has 0 spiro atoms. The van der Waals surface area contributed by atoms with E-state index in [1.807, 2.05) is 0 Å². The summed E-state index contributed by atoms with van der Waals surface area (Å²) in [5, 5.41) is 20.7. The molecule has 10 nitrogen and oxygen atoms in total. The number of carbonyl (C=O) groups is 1. The van der Waals surface area contributed by atoms with Gasteiger partial charge in [-0.05, 0) is 52.4 Å². The van der Waals surface area contributed by atoms with Crippen molar-refractivity contribution in [2.75, 3.05) is 12.4 Å². The predicted octanol–water partition coefficient (Wildman–Crippen LogP) is 3.73. The minimum Gasteiger partial charge on any atom is -0.496 e. The fourth-order valence-corrected chi connectivity index (χ4v) is 3.20. The molecule has 2 heterocycles. The summed E-state index contributed by atoms with van der Waals surface area (Å²) in [6.45, 7) is 0. The van der Waals surface area contributed by atoms with Crippen molar-refractivity contribution in [1.29, 1.82) is 0 Å². The molecule has 154 valence electrons. The lowest BCUT2D eigenvalue weighted by Crippen LogP contribution is -2.35. The second-order valence-electron chi connectivity index (χ2n) is 5.62. The molecule has 0 aliphatic carbocycles. The van der Waals surface area contributed by atoms with E-state index in [9.17, 15) is 14.9 Å². The van der Waals surface area contributed by atoms with Gasteiger partial charge in [-0.3, -0.25) is 20.2 Å². The highest BCUT2D eigenvalue weighted by Crippen LogP contribution is 2.29. The largest absolute Gasteiger partial charge is 0.496 e. The van der Waals surface area contributed by atoms with E-state index in [1.165, 1.54) is 42.3 Å². The van der Waals surface area contributed by atoms with Gasteiger partial charge in [-0.25, -0.2) is 9.67 Å². The molecule has 30 heavy (non-hydrogen) atoms. The summed E-state index contributed by atoms with van der Waals surface area (Å²) in [7, 11) is 1.39. The number of hydrogen-bond acceptors (Lipinski definition) is 7. The van der Waals surface area contributed by atoms with E-state index < -0.39 is 10.8 Å². The quantitative estimate of drug-likeness (QED) is 0.302. The van der Waals surface area contributed by atoms with E-state index in [4.69, 9.17) is 28.6 Å². The molecule has 1 amide bonds. The summed E-state index contributed by atoms with van der Waals surface area (Å²) in [6.07, 6.45) is 1.51. The SMILES string of the molecule is COc1ccc(NC(=S)NC(=O)c2cc(Br)nn2-c2ncccc2Cl)c([N+](=O)[O-])c1. The molecule has 2 N–H and O–H groups in total. The first-order valence-electron chi connectivity index (χ1n) is 8.11. The lowest BCUT2D eigenvalue weighted by atomic mass is 10.2. The molecule has 0 atom stereocenters. The van der Waals surface area contributed by atoms with Crippen molar-refractivity contribution in [3.63, 3.8) is 0 Å². The molecule has 13 heteroatoms. The molecule has 0 saturated heterocycles. The van der Waals surface area contributed by atoms with Crippen LogP contribution in [0.5, 0.6) is 5.75 Å². The van der Waals surface area contributed by atoms with Crippen LogP contribution in [0.15, 0.2) is 47.2 Å². The molecule has 3 rings (SSSR count). The molecule has 0 aliphatic rings. The van der Waals surface area contributed by atoms with Crippen molar-refractivity contribution in [3.8, 4) is 11.6 Å². The van der Waals surface area contributed by atoms with E-state index in [1.54, 1.807) is 12.1 Å². The Morgan fingerprint density at radius 3 is 2.80 bits per heavy atom. The number of aromatic nitrogens is 3. The Morgan fingerprint density at radius 1 is 1.37 bits per heavy atom. The first-order valence-corrected chi connectivity index (χ1v) is 9.69. The van der Waals surface area contributed by atoms with Crippen molar-refractivity contribution >= 4 is 62.1 Å². The van der Waals surface area contributed by atoms with Crippen LogP contribution < -0.4 is 15.4 Å². The van der Waals surface area contributed by atoms with Gasteiger partial charge in [-0.2, -0.15) is 5.10 Å². The number of ether oxygens (including phenoxy) is 1. The zero-order valence-corrected chi connectivity index (χ0v) is 18.3. The summed E-state index contributed by atoms with van der Waals surface area (Å²) in [5.41, 5.74) is -0.0802. The summed E-state index contributed by atoms with van der Waals surface area (Å²) in [5.74, 6) is -0.0635. The zero-order valence-electron chi connectivity index (χ0n) is 15.1. The minimum atomic E-state index is -0.622. The summed E-state index contributed by atoms with van der Waals surface area (Å²) in [4.78, 5) is 27.6. The highest BCUT2D eigenvalue weighted by molar-refractivity contribution is 9.10. The number of benzene rings is 1. The molecule has 1 aromatic carbocycles. The number of anilines is 1. The Bertz CT molecular complexity index is 1160. The topological polar surface area (TPSA) is 124 Å². The van der Waals surface area contributed by atoms with Crippen LogP contribution in [0.2, 0.25) is 5.02 Å². The summed E-state index contributed by atoms with van der Waals surface area (Å²) >= 11 is 14.5. The Balaban J connectivity index is 1.82. The first kappa shape index (κ1) is 21.6. The number of halogens is 2. The number of nitrogens with one attached hydrogen (secondary N) is 2. The Morgan fingerprint density at radius 2 is 2.13 bits per heavy atom. The van der Waals surface area contributed by atoms with Gasteiger partial charge >= 0.3 is 0 Å². The van der Waals surface area contributed by atoms with Crippen molar-refractivity contribution in [2.24, 2.45) is 0 Å². The third kappa shape index (κ3) is 4.72. The second-order valence-corrected chi connectivity index (χ2v) is 7.25. The predicted molar refractivity (Wildman–Crippen MR) is 117 cm³/mol. The van der Waals surface area contributed by atoms with Crippen LogP contribution in [-0.2, 0) is 0 Å². The van der Waals surface area contributed by atoms with Crippen LogP contribution in [0.1, 0.15) is 10.5 Å². The summed E-state index contributed by atoms with van der Waals surface area (Å²) < 4.78 is 6.61. The van der Waals surface area contributed by atoms with Gasteiger partial charge in [0.25, 0.3) is 11.6 Å². The third-order valence-corrected chi connectivity index (χ3v) is 4.62. The van der Waals surface area contributed by atoms with Gasteiger partial charge in [-0.1, -0.05) is 11.6 Å². The fraction of sp³-hybridized carbons (Fsp3) is 0.0588. The van der Waals surface area contributed by atoms with E-state index >= 15 is 0 Å². The molecule has 2 aromatic heterocycles. The van der Waals surface area contributed by atoms with E-state index in [-0.39, 0.29) is 33.0 Å². The molecule has 0 saturated carbocycles. The van der Waals surface area contributed by atoms with Gasteiger partial charge in [0.2, 0.25) is 0 Å². The lowest BCUT2D eigenvalue weighted by Gasteiger charge is -2.11. The third-order valence-electron chi connectivity index (χ3n) is 3.73. The molecule has 3 aromatic rings. The van der Waals surface area contributed by atoms with Crippen LogP contribution in [0, 0.1) is 10.1 Å². The van der Waals surface area contributed by atoms with Gasteiger partial charge < -0.3 is 10.1 Å². The van der Waals surface area contributed by atoms with Gasteiger partial charge in [0, 0.05) is 12.3 Å². The summed E-state index contributed by atoms with van der Waals surface area (Å²) in [6, 6.07) is 8.89. The van der Waals surface area contributed by atoms with Crippen molar-refractivity contribution in [2.45, 2.75) is 0 Å². The maximum atomic E-state index is 12.7. The number of carbonyl (C=O) groups excluding carboxylic acids is 1. The molecule has 0 bridgehead atoms. The van der Waals surface area contributed by atoms with Gasteiger partial charge in [0.1, 0.15) is 21.7 Å². The molecular formula is C17H12BrClN6O4S. The monoisotopic (exact) mass is 510 g/mol. The van der Waals surface area contributed by atoms with Crippen LogP contribution >= 0.6 is 39.7 Å². The molecular weight excluding hydrogens is 500 g/mol. The average molecular weight is 512 g/mol. The molecule has 0 unspecified atom stereocenters. The second kappa shape index (κ2) is 9.15. The number of rotatable bonds is 5. The molecule has 0 aliphatic heterocycles. The fourth-order valence-electron chi connectivity index (χ4n) is 2.42. The number of amides is 1. The number of pyridine rings is 1. The number of nitrogens with zero attached hydrogens (tertiary/aromatic N) is 4. The number of hydrogen-bond donors (Lipinski definition) is 2. The minimum absolute atomic E-state index is 0.0913. The standard InChI is InChI=1S/C17H12BrClN6O4S/c1-29-9-4-5-11(12(7-9)25(27)28)21-17(30)22-16(26)13-8-14(18)23-24(13)15-10(19)3-2-6-20-15/h2-8H,1H3,(H2,21,22,26,30). The van der Waals surface area contributed by atoms with Gasteiger partial charge in [0.15, 0.2) is 10.9 Å². The van der Waals surface area contributed by atoms with Crippen LogP contribution in [0.25, 0.3) is 5.82 Å². The average Bonchev–Trinajstić information content (AvgIpc) is 3.10. The van der Waals surface area contributed by atoms with Crippen molar-refractivity contribution < 1.29 is 14.5 Å². The molecule has 0 radical (unpaired) electrons. The van der Waals surface area contributed by atoms with Crippen LogP contribution in [0.3, 0.4) is 0 Å². The van der Waals surface area contributed by atoms with Gasteiger partial charge in [-0.15, -0.1) is 0 Å². The normalized spacial score (nSPS) is 10.4. The van der Waals surface area contributed by atoms with Crippen LogP contribution in [0.4, 0.5) is 11.4 Å². The highest BCUT2D eigenvalue weighted by atomic mass is 79.9. The van der Waals surface area contributed by atoms with E-state index in [0.717, 1.165) is 0 Å². The van der Waals surface area contributed by atoms with E-state index in [0.29, 0.717) is 10.4 Å². The Kier molecular flexibility index (Phi) is 6.59. The zero-order chi connectivity index (χ0) is 21.8. The Hall–Kier alpha value is -3.09. The van der Waals surface area contributed by atoms with Gasteiger partial charge in [0.05, 0.1) is 23.1 Å². The number of nitro benzene ring substituents is 1. The number of nitro groups is 1. The smallest absolute Gasteiger partial charge is 0.296 e.